The first-order valence-corrected chi connectivity index (χ1v) is 11.9. The summed E-state index contributed by atoms with van der Waals surface area (Å²) in [7, 11) is 2.05. The van der Waals surface area contributed by atoms with Crippen LogP contribution in [0.2, 0.25) is 0 Å². The zero-order chi connectivity index (χ0) is 22.5. The molecular weight excluding hydrogens is 412 g/mol. The first-order chi connectivity index (χ1) is 14.6. The molecule has 2 fully saturated rings. The Bertz CT molecular complexity index is 895. The number of hydrogen-bond acceptors (Lipinski definition) is 5. The van der Waals surface area contributed by atoms with Gasteiger partial charge in [-0.2, -0.15) is 0 Å². The molecule has 0 radical (unpaired) electrons. The maximum absolute atomic E-state index is 13.6. The highest BCUT2D eigenvalue weighted by molar-refractivity contribution is 8.01. The van der Waals surface area contributed by atoms with Gasteiger partial charge in [-0.05, 0) is 38.4 Å². The Balaban J connectivity index is 1.55. The number of carbonyl (C=O) groups excluding carboxylic acids is 3. The molecule has 8 heteroatoms. The van der Waals surface area contributed by atoms with Crippen LogP contribution in [0, 0.1) is 5.92 Å². The third-order valence-corrected chi connectivity index (χ3v) is 8.13. The molecule has 3 aliphatic rings. The lowest BCUT2D eigenvalue weighted by molar-refractivity contribution is -0.140. The molecule has 31 heavy (non-hydrogen) atoms. The number of rotatable bonds is 4. The largest absolute Gasteiger partial charge is 0.342 e. The third-order valence-electron chi connectivity index (χ3n) is 6.59. The van der Waals surface area contributed by atoms with E-state index in [0.717, 1.165) is 18.7 Å². The lowest BCUT2D eigenvalue weighted by Gasteiger charge is -2.37. The van der Waals surface area contributed by atoms with Crippen molar-refractivity contribution in [2.24, 2.45) is 5.92 Å². The highest BCUT2D eigenvalue weighted by Gasteiger charge is 2.57. The Morgan fingerprint density at radius 2 is 1.77 bits per heavy atom. The second-order valence-corrected chi connectivity index (χ2v) is 11.4. The van der Waals surface area contributed by atoms with Gasteiger partial charge in [0.05, 0.1) is 0 Å². The van der Waals surface area contributed by atoms with Gasteiger partial charge in [0.15, 0.2) is 0 Å². The van der Waals surface area contributed by atoms with Crippen LogP contribution in [-0.2, 0) is 9.59 Å². The number of likely N-dealkylation sites (N-methyl/N-ethyl adjacent to an activating group) is 1. The van der Waals surface area contributed by atoms with Crippen LogP contribution in [0.5, 0.6) is 0 Å². The van der Waals surface area contributed by atoms with E-state index in [1.807, 2.05) is 63.9 Å². The summed E-state index contributed by atoms with van der Waals surface area (Å²) in [4.78, 5) is 45.7. The average Bonchev–Trinajstić information content (AvgIpc) is 3.15. The maximum atomic E-state index is 13.6. The molecule has 0 unspecified atom stereocenters. The van der Waals surface area contributed by atoms with Gasteiger partial charge in [-0.1, -0.05) is 32.0 Å². The molecule has 0 saturated carbocycles. The van der Waals surface area contributed by atoms with Gasteiger partial charge in [0.1, 0.15) is 17.5 Å². The van der Waals surface area contributed by atoms with Crippen LogP contribution >= 0.6 is 11.8 Å². The van der Waals surface area contributed by atoms with Crippen LogP contribution in [0.25, 0.3) is 0 Å². The molecule has 3 atom stereocenters. The van der Waals surface area contributed by atoms with Gasteiger partial charge < -0.3 is 20.0 Å². The fourth-order valence-corrected chi connectivity index (χ4v) is 6.36. The van der Waals surface area contributed by atoms with Crippen molar-refractivity contribution in [3.63, 3.8) is 0 Å². The van der Waals surface area contributed by atoms with Gasteiger partial charge in [-0.15, -0.1) is 11.8 Å². The topological polar surface area (TPSA) is 73.0 Å². The van der Waals surface area contributed by atoms with E-state index in [9.17, 15) is 14.4 Å². The minimum absolute atomic E-state index is 0.0347. The van der Waals surface area contributed by atoms with Crippen molar-refractivity contribution >= 4 is 29.5 Å². The van der Waals surface area contributed by atoms with Gasteiger partial charge >= 0.3 is 0 Å². The summed E-state index contributed by atoms with van der Waals surface area (Å²) in [6.45, 7) is 10.9. The molecule has 1 N–H and O–H groups in total. The molecule has 0 aromatic heterocycles. The quantitative estimate of drug-likeness (QED) is 0.769. The molecular formula is C23H32N4O3S. The van der Waals surface area contributed by atoms with Crippen LogP contribution < -0.4 is 5.32 Å². The molecule has 7 nitrogen and oxygen atoms in total. The van der Waals surface area contributed by atoms with E-state index in [0.29, 0.717) is 18.7 Å². The summed E-state index contributed by atoms with van der Waals surface area (Å²) in [6, 6.07) is 6.34. The molecule has 4 rings (SSSR count). The molecule has 0 bridgehead atoms. The fourth-order valence-electron chi connectivity index (χ4n) is 4.77. The van der Waals surface area contributed by atoms with Crippen molar-refractivity contribution in [3.8, 4) is 0 Å². The SMILES string of the molecule is CC(C)[C@H](NC(=O)[C@H]1N2C(=O)c3ccccc3[C@H]2SC1(C)C)C(=O)N1CCN(C)CC1. The van der Waals surface area contributed by atoms with E-state index in [4.69, 9.17) is 0 Å². The second kappa shape index (κ2) is 8.13. The molecule has 3 aliphatic heterocycles. The van der Waals surface area contributed by atoms with Gasteiger partial charge in [0, 0.05) is 36.5 Å². The number of benzene rings is 1. The number of nitrogens with one attached hydrogen (secondary N) is 1. The molecule has 0 aliphatic carbocycles. The van der Waals surface area contributed by atoms with E-state index in [1.54, 1.807) is 16.7 Å². The van der Waals surface area contributed by atoms with Crippen molar-refractivity contribution in [3.05, 3.63) is 35.4 Å². The van der Waals surface area contributed by atoms with Crippen LogP contribution in [0.15, 0.2) is 24.3 Å². The van der Waals surface area contributed by atoms with E-state index in [1.165, 1.54) is 0 Å². The first-order valence-electron chi connectivity index (χ1n) is 11.0. The van der Waals surface area contributed by atoms with Crippen molar-refractivity contribution < 1.29 is 14.4 Å². The van der Waals surface area contributed by atoms with E-state index < -0.39 is 16.8 Å². The standard InChI is InChI=1S/C23H32N4O3S/c1-14(2)17(21(30)26-12-10-25(5)11-13-26)24-19(28)18-23(3,4)31-22-16-9-7-6-8-15(16)20(29)27(18)22/h6-9,14,17-18,22H,10-13H2,1-5H3,(H,24,28)/t17-,18+,22+/m0/s1. The fraction of sp³-hybridized carbons (Fsp3) is 0.609. The van der Waals surface area contributed by atoms with Crippen molar-refractivity contribution in [2.75, 3.05) is 33.2 Å². The normalized spacial score (nSPS) is 26.1. The number of amides is 3. The Morgan fingerprint density at radius 3 is 2.42 bits per heavy atom. The third kappa shape index (κ3) is 3.84. The highest BCUT2D eigenvalue weighted by Crippen LogP contribution is 2.56. The summed E-state index contributed by atoms with van der Waals surface area (Å²) in [5, 5.41) is 2.86. The van der Waals surface area contributed by atoms with Crippen LogP contribution in [-0.4, -0.2) is 82.5 Å². The number of nitrogens with zero attached hydrogens (tertiary/aromatic N) is 3. The molecule has 168 valence electrons. The maximum Gasteiger partial charge on any atom is 0.256 e. The summed E-state index contributed by atoms with van der Waals surface area (Å²) in [5.41, 5.74) is 1.64. The Hall–Kier alpha value is -2.06. The van der Waals surface area contributed by atoms with E-state index >= 15 is 0 Å². The van der Waals surface area contributed by atoms with Crippen LogP contribution in [0.3, 0.4) is 0 Å². The minimum Gasteiger partial charge on any atom is -0.342 e. The lowest BCUT2D eigenvalue weighted by atomic mass is 9.97. The van der Waals surface area contributed by atoms with Gasteiger partial charge in [0.25, 0.3) is 5.91 Å². The summed E-state index contributed by atoms with van der Waals surface area (Å²) < 4.78 is -0.462. The van der Waals surface area contributed by atoms with Gasteiger partial charge in [-0.3, -0.25) is 14.4 Å². The summed E-state index contributed by atoms with van der Waals surface area (Å²) in [5.74, 6) is -0.435. The van der Waals surface area contributed by atoms with Gasteiger partial charge in [-0.25, -0.2) is 0 Å². The monoisotopic (exact) mass is 444 g/mol. The summed E-state index contributed by atoms with van der Waals surface area (Å²) >= 11 is 1.64. The Kier molecular flexibility index (Phi) is 5.81. The highest BCUT2D eigenvalue weighted by atomic mass is 32.2. The molecule has 3 heterocycles. The smallest absolute Gasteiger partial charge is 0.256 e. The van der Waals surface area contributed by atoms with Crippen molar-refractivity contribution in [2.45, 2.75) is 49.9 Å². The van der Waals surface area contributed by atoms with Crippen molar-refractivity contribution in [1.29, 1.82) is 0 Å². The van der Waals surface area contributed by atoms with E-state index in [-0.39, 0.29) is 29.0 Å². The predicted octanol–water partition coefficient (Wildman–Crippen LogP) is 1.95. The molecule has 1 aromatic rings. The van der Waals surface area contributed by atoms with Crippen LogP contribution in [0.4, 0.5) is 0 Å². The number of hydrogen-bond donors (Lipinski definition) is 1. The van der Waals surface area contributed by atoms with E-state index in [2.05, 4.69) is 10.2 Å². The zero-order valence-corrected chi connectivity index (χ0v) is 19.7. The van der Waals surface area contributed by atoms with Crippen LogP contribution in [0.1, 0.15) is 49.0 Å². The predicted molar refractivity (Wildman–Crippen MR) is 122 cm³/mol. The average molecular weight is 445 g/mol. The lowest BCUT2D eigenvalue weighted by Crippen LogP contribution is -2.60. The minimum atomic E-state index is -0.635. The number of fused-ring (bicyclic) bond motifs is 3. The summed E-state index contributed by atoms with van der Waals surface area (Å²) in [6.07, 6.45) is 0. The van der Waals surface area contributed by atoms with Gasteiger partial charge in [0.2, 0.25) is 11.8 Å². The Morgan fingerprint density at radius 1 is 1.13 bits per heavy atom. The first kappa shape index (κ1) is 22.1. The number of piperazine rings is 1. The molecule has 3 amide bonds. The Labute approximate surface area is 188 Å². The second-order valence-electron chi connectivity index (χ2n) is 9.63. The molecule has 1 aromatic carbocycles. The number of carbonyl (C=O) groups is 3. The number of thioether (sulfide) groups is 1. The zero-order valence-electron chi connectivity index (χ0n) is 18.9. The molecule has 0 spiro atoms. The van der Waals surface area contributed by atoms with Crippen molar-refractivity contribution in [1.82, 2.24) is 20.0 Å². The molecule has 2 saturated heterocycles.